The number of nitrogens with zero attached hydrogens (tertiary/aromatic N) is 2. The van der Waals surface area contributed by atoms with Gasteiger partial charge in [-0.2, -0.15) is 0 Å². The van der Waals surface area contributed by atoms with Crippen molar-refractivity contribution in [1.82, 2.24) is 4.90 Å². The number of unbranched alkanes of at least 4 members (excludes halogenated alkanes) is 15. The number of imide groups is 1. The van der Waals surface area contributed by atoms with Gasteiger partial charge in [0.25, 0.3) is 0 Å². The van der Waals surface area contributed by atoms with Gasteiger partial charge in [0.15, 0.2) is 6.20 Å². The van der Waals surface area contributed by atoms with Crippen molar-refractivity contribution in [2.24, 2.45) is 5.92 Å². The van der Waals surface area contributed by atoms with E-state index in [9.17, 15) is 9.59 Å². The van der Waals surface area contributed by atoms with Gasteiger partial charge in [0.2, 0.25) is 11.6 Å². The summed E-state index contributed by atoms with van der Waals surface area (Å²) in [6.45, 7) is 8.91. The van der Waals surface area contributed by atoms with Gasteiger partial charge in [-0.05, 0) is 19.8 Å². The molecule has 0 bridgehead atoms. The predicted molar refractivity (Wildman–Crippen MR) is 168 cm³/mol. The zero-order valence-electron chi connectivity index (χ0n) is 27.5. The molecule has 2 atom stereocenters. The summed E-state index contributed by atoms with van der Waals surface area (Å²) in [6, 6.07) is 5.75. The summed E-state index contributed by atoms with van der Waals surface area (Å²) in [5.41, 5.74) is 0.880. The number of aryl methyl sites for hydroxylation is 1. The highest BCUT2D eigenvalue weighted by Gasteiger charge is 2.29. The number of ether oxygens (including phenoxy) is 3. The highest BCUT2D eigenvalue weighted by Crippen LogP contribution is 2.21. The van der Waals surface area contributed by atoms with Crippen molar-refractivity contribution >= 4 is 12.0 Å². The van der Waals surface area contributed by atoms with Gasteiger partial charge >= 0.3 is 6.09 Å². The van der Waals surface area contributed by atoms with Crippen LogP contribution in [-0.2, 0) is 32.1 Å². The van der Waals surface area contributed by atoms with Crippen LogP contribution in [0, 0.1) is 5.92 Å². The van der Waals surface area contributed by atoms with Gasteiger partial charge in [-0.15, -0.1) is 0 Å². The van der Waals surface area contributed by atoms with Crippen molar-refractivity contribution in [2.75, 3.05) is 26.4 Å². The summed E-state index contributed by atoms with van der Waals surface area (Å²) in [7, 11) is 0. The first-order valence-electron chi connectivity index (χ1n) is 17.2. The van der Waals surface area contributed by atoms with Crippen molar-refractivity contribution in [3.05, 3.63) is 30.1 Å². The number of hydrogen-bond acceptors (Lipinski definition) is 5. The molecule has 2 heterocycles. The standard InChI is InChI=1S/C35H61N2O5.HI/c1-4-6-7-8-9-10-11-12-13-14-15-16-17-18-19-22-25-40-28-32-26-34(41-29-32)30-42-35(39)37(31(3)38)27-33-23-20-21-24-36(33)5-2;/h20-21,23-24,32,34H,4-19,22,25-30H2,1-3H3;1H/q+1;/p-1. The van der Waals surface area contributed by atoms with E-state index in [0.717, 1.165) is 36.6 Å². The minimum absolute atomic E-state index is 0. The first kappa shape index (κ1) is 39.8. The smallest absolute Gasteiger partial charge is 0.417 e. The van der Waals surface area contributed by atoms with Crippen molar-refractivity contribution in [3.63, 3.8) is 0 Å². The molecule has 1 aromatic rings. The lowest BCUT2D eigenvalue weighted by Gasteiger charge is -2.19. The van der Waals surface area contributed by atoms with Crippen LogP contribution in [0.15, 0.2) is 24.4 Å². The van der Waals surface area contributed by atoms with Crippen LogP contribution in [0.5, 0.6) is 0 Å². The molecule has 2 amide bonds. The topological polar surface area (TPSA) is 69.0 Å². The van der Waals surface area contributed by atoms with Gasteiger partial charge in [0.1, 0.15) is 19.7 Å². The van der Waals surface area contributed by atoms with Gasteiger partial charge in [0, 0.05) is 31.6 Å². The van der Waals surface area contributed by atoms with Crippen LogP contribution >= 0.6 is 0 Å². The lowest BCUT2D eigenvalue weighted by Crippen LogP contribution is -3.00. The van der Waals surface area contributed by atoms with E-state index in [1.54, 1.807) is 0 Å². The summed E-state index contributed by atoms with van der Waals surface area (Å²) in [5, 5.41) is 0. The monoisotopic (exact) mass is 716 g/mol. The van der Waals surface area contributed by atoms with Crippen LogP contribution < -0.4 is 28.5 Å². The third-order valence-corrected chi connectivity index (χ3v) is 8.35. The van der Waals surface area contributed by atoms with Gasteiger partial charge in [-0.1, -0.05) is 109 Å². The molecule has 1 aliphatic heterocycles. The number of rotatable bonds is 24. The maximum Gasteiger partial charge on any atom is 0.417 e. The lowest BCUT2D eigenvalue weighted by molar-refractivity contribution is -0.701. The van der Waals surface area contributed by atoms with Crippen LogP contribution in [-0.4, -0.2) is 49.4 Å². The van der Waals surface area contributed by atoms with E-state index in [-0.39, 0.29) is 49.1 Å². The number of aromatic nitrogens is 1. The van der Waals surface area contributed by atoms with E-state index < -0.39 is 6.09 Å². The van der Waals surface area contributed by atoms with E-state index in [1.165, 1.54) is 103 Å². The SMILES string of the molecule is CCCCCCCCCCCCCCCCCCOCC1COC(COC(=O)N(Cc2cccc[n+]2CC)C(C)=O)C1.[I-]. The Bertz CT molecular complexity index is 855. The van der Waals surface area contributed by atoms with Crippen molar-refractivity contribution in [2.45, 2.75) is 149 Å². The molecule has 8 heteroatoms. The maximum atomic E-state index is 12.7. The maximum absolute atomic E-state index is 12.7. The molecule has 1 aliphatic rings. The van der Waals surface area contributed by atoms with Gasteiger partial charge in [-0.25, -0.2) is 14.3 Å². The molecule has 0 spiro atoms. The fraction of sp³-hybridized carbons (Fsp3) is 0.800. The summed E-state index contributed by atoms with van der Waals surface area (Å²) in [6.07, 6.45) is 23.9. The Morgan fingerprint density at radius 3 is 2.00 bits per heavy atom. The largest absolute Gasteiger partial charge is 1.00 e. The minimum Gasteiger partial charge on any atom is -1.00 e. The molecule has 1 aromatic heterocycles. The molecular weight excluding hydrogens is 655 g/mol. The molecule has 2 rings (SSSR count). The number of hydrogen-bond donors (Lipinski definition) is 0. The number of carbonyl (C=O) groups is 2. The number of halogens is 1. The Kier molecular flexibility index (Phi) is 24.0. The van der Waals surface area contributed by atoms with Gasteiger partial charge in [0.05, 0.1) is 19.3 Å². The number of carbonyl (C=O) groups excluding carboxylic acids is 2. The Labute approximate surface area is 279 Å². The fourth-order valence-corrected chi connectivity index (χ4v) is 5.69. The number of amides is 2. The molecule has 2 unspecified atom stereocenters. The van der Waals surface area contributed by atoms with Crippen LogP contribution in [0.1, 0.15) is 136 Å². The molecule has 248 valence electrons. The zero-order valence-corrected chi connectivity index (χ0v) is 29.7. The average molecular weight is 717 g/mol. The second kappa shape index (κ2) is 26.0. The van der Waals surface area contributed by atoms with Crippen LogP contribution in [0.2, 0.25) is 0 Å². The number of pyridine rings is 1. The average Bonchev–Trinajstić information content (AvgIpc) is 3.45. The van der Waals surface area contributed by atoms with Gasteiger partial charge < -0.3 is 38.2 Å². The Balaban J connectivity index is 0.00000924. The minimum atomic E-state index is -0.624. The van der Waals surface area contributed by atoms with Crippen molar-refractivity contribution in [1.29, 1.82) is 0 Å². The molecule has 1 fully saturated rings. The first-order valence-corrected chi connectivity index (χ1v) is 17.2. The highest BCUT2D eigenvalue weighted by molar-refractivity contribution is 5.90. The van der Waals surface area contributed by atoms with E-state index in [4.69, 9.17) is 14.2 Å². The molecule has 1 saturated heterocycles. The second-order valence-electron chi connectivity index (χ2n) is 12.1. The third-order valence-electron chi connectivity index (χ3n) is 8.35. The Hall–Kier alpha value is -1.26. The third kappa shape index (κ3) is 18.3. The van der Waals surface area contributed by atoms with Crippen molar-refractivity contribution < 1.29 is 52.3 Å². The van der Waals surface area contributed by atoms with Crippen LogP contribution in [0.4, 0.5) is 4.79 Å². The van der Waals surface area contributed by atoms with E-state index in [0.29, 0.717) is 19.1 Å². The zero-order chi connectivity index (χ0) is 30.3. The van der Waals surface area contributed by atoms with Gasteiger partial charge in [-0.3, -0.25) is 4.79 Å². The molecule has 0 saturated carbocycles. The molecule has 0 aromatic carbocycles. The normalized spacial score (nSPS) is 16.2. The molecule has 0 aliphatic carbocycles. The summed E-state index contributed by atoms with van der Waals surface area (Å²) in [5.74, 6) is -0.00860. The molecule has 43 heavy (non-hydrogen) atoms. The Morgan fingerprint density at radius 1 is 0.860 bits per heavy atom. The first-order chi connectivity index (χ1) is 20.5. The molecular formula is C35H61IN2O5. The lowest BCUT2D eigenvalue weighted by atomic mass is 10.0. The summed E-state index contributed by atoms with van der Waals surface area (Å²) >= 11 is 0. The van der Waals surface area contributed by atoms with E-state index in [1.807, 2.05) is 35.9 Å². The van der Waals surface area contributed by atoms with Crippen LogP contribution in [0.25, 0.3) is 0 Å². The molecule has 0 N–H and O–H groups in total. The Morgan fingerprint density at radius 2 is 1.44 bits per heavy atom. The van der Waals surface area contributed by atoms with Crippen LogP contribution in [0.3, 0.4) is 0 Å². The summed E-state index contributed by atoms with van der Waals surface area (Å²) in [4.78, 5) is 26.0. The van der Waals surface area contributed by atoms with Crippen molar-refractivity contribution in [3.8, 4) is 0 Å². The van der Waals surface area contributed by atoms with E-state index in [2.05, 4.69) is 6.92 Å². The van der Waals surface area contributed by atoms with E-state index >= 15 is 0 Å². The quantitative estimate of drug-likeness (QED) is 0.0840. The fourth-order valence-electron chi connectivity index (χ4n) is 5.69. The predicted octanol–water partition coefficient (Wildman–Crippen LogP) is 5.17. The highest BCUT2D eigenvalue weighted by atomic mass is 127. The second-order valence-corrected chi connectivity index (χ2v) is 12.1. The molecule has 0 radical (unpaired) electrons. The molecule has 7 nitrogen and oxygen atoms in total. The summed E-state index contributed by atoms with van der Waals surface area (Å²) < 4.78 is 19.2.